The van der Waals surface area contributed by atoms with Crippen molar-refractivity contribution in [3.63, 3.8) is 0 Å². The SMILES string of the molecule is CC(C)(C)CC(O)CNc1ccc(S(N)(=O)=O)cc1. The van der Waals surface area contributed by atoms with Gasteiger partial charge in [0.15, 0.2) is 0 Å². The van der Waals surface area contributed by atoms with E-state index >= 15 is 0 Å². The molecule has 1 atom stereocenters. The minimum atomic E-state index is -3.65. The molecule has 19 heavy (non-hydrogen) atoms. The zero-order valence-corrected chi connectivity index (χ0v) is 12.4. The summed E-state index contributed by atoms with van der Waals surface area (Å²) >= 11 is 0. The summed E-state index contributed by atoms with van der Waals surface area (Å²) in [4.78, 5) is 0.0771. The van der Waals surface area contributed by atoms with Crippen molar-refractivity contribution in [1.82, 2.24) is 0 Å². The van der Waals surface area contributed by atoms with Crippen LogP contribution >= 0.6 is 0 Å². The van der Waals surface area contributed by atoms with Crippen molar-refractivity contribution in [2.24, 2.45) is 10.6 Å². The molecule has 0 heterocycles. The summed E-state index contributed by atoms with van der Waals surface area (Å²) in [6, 6.07) is 6.13. The van der Waals surface area contributed by atoms with Gasteiger partial charge in [0, 0.05) is 12.2 Å². The number of sulfonamides is 1. The van der Waals surface area contributed by atoms with Gasteiger partial charge in [-0.3, -0.25) is 0 Å². The number of anilines is 1. The van der Waals surface area contributed by atoms with Crippen LogP contribution in [0.1, 0.15) is 27.2 Å². The predicted molar refractivity (Wildman–Crippen MR) is 76.4 cm³/mol. The number of hydrogen-bond donors (Lipinski definition) is 3. The van der Waals surface area contributed by atoms with Gasteiger partial charge in [0.05, 0.1) is 11.0 Å². The lowest BCUT2D eigenvalue weighted by Gasteiger charge is -2.22. The molecule has 0 aliphatic rings. The number of nitrogens with two attached hydrogens (primary N) is 1. The maximum atomic E-state index is 11.1. The van der Waals surface area contributed by atoms with Gasteiger partial charge in [-0.2, -0.15) is 0 Å². The first-order chi connectivity index (χ1) is 8.58. The summed E-state index contributed by atoms with van der Waals surface area (Å²) in [7, 11) is -3.65. The van der Waals surface area contributed by atoms with Gasteiger partial charge in [-0.1, -0.05) is 20.8 Å². The molecule has 0 aliphatic heterocycles. The molecular formula is C13H22N2O3S. The Kier molecular flexibility index (Phi) is 4.95. The molecule has 0 fully saturated rings. The summed E-state index contributed by atoms with van der Waals surface area (Å²) in [5.74, 6) is 0. The molecule has 0 radical (unpaired) electrons. The van der Waals surface area contributed by atoms with Crippen LogP contribution in [0.4, 0.5) is 5.69 Å². The lowest BCUT2D eigenvalue weighted by Crippen LogP contribution is -2.25. The predicted octanol–water partition coefficient (Wildman–Crippen LogP) is 1.54. The fraction of sp³-hybridized carbons (Fsp3) is 0.538. The van der Waals surface area contributed by atoms with Crippen LogP contribution in [-0.2, 0) is 10.0 Å². The fourth-order valence-corrected chi connectivity index (χ4v) is 2.29. The zero-order chi connectivity index (χ0) is 14.7. The third-order valence-electron chi connectivity index (χ3n) is 2.57. The lowest BCUT2D eigenvalue weighted by molar-refractivity contribution is 0.132. The van der Waals surface area contributed by atoms with Crippen LogP contribution in [0.5, 0.6) is 0 Å². The molecule has 6 heteroatoms. The number of aliphatic hydroxyl groups is 1. The Labute approximate surface area is 114 Å². The Morgan fingerprint density at radius 1 is 1.26 bits per heavy atom. The lowest BCUT2D eigenvalue weighted by atomic mass is 9.89. The maximum Gasteiger partial charge on any atom is 0.238 e. The van der Waals surface area contributed by atoms with E-state index in [2.05, 4.69) is 26.1 Å². The third-order valence-corrected chi connectivity index (χ3v) is 3.50. The Bertz CT molecular complexity index is 504. The van der Waals surface area contributed by atoms with E-state index in [1.807, 2.05) is 0 Å². The number of aliphatic hydroxyl groups excluding tert-OH is 1. The normalized spacial score (nSPS) is 14.2. The molecule has 1 rings (SSSR count). The topological polar surface area (TPSA) is 92.4 Å². The van der Waals surface area contributed by atoms with Crippen molar-refractivity contribution >= 4 is 15.7 Å². The third kappa shape index (κ3) is 6.04. The highest BCUT2D eigenvalue weighted by atomic mass is 32.2. The minimum Gasteiger partial charge on any atom is -0.391 e. The second-order valence-corrected chi connectivity index (χ2v) is 7.43. The number of nitrogens with one attached hydrogen (secondary N) is 1. The minimum absolute atomic E-state index is 0.0680. The van der Waals surface area contributed by atoms with Gasteiger partial charge in [-0.25, -0.2) is 13.6 Å². The Morgan fingerprint density at radius 2 is 1.79 bits per heavy atom. The summed E-state index contributed by atoms with van der Waals surface area (Å²) in [6.07, 6.45) is 0.243. The number of primary sulfonamides is 1. The van der Waals surface area contributed by atoms with Gasteiger partial charge < -0.3 is 10.4 Å². The monoisotopic (exact) mass is 286 g/mol. The van der Waals surface area contributed by atoms with E-state index in [9.17, 15) is 13.5 Å². The molecule has 108 valence electrons. The van der Waals surface area contributed by atoms with Crippen LogP contribution in [-0.4, -0.2) is 26.2 Å². The quantitative estimate of drug-likeness (QED) is 0.765. The summed E-state index contributed by atoms with van der Waals surface area (Å²) in [5, 5.41) is 17.9. The molecule has 0 saturated heterocycles. The molecule has 0 saturated carbocycles. The van der Waals surface area contributed by atoms with Crippen molar-refractivity contribution in [1.29, 1.82) is 0 Å². The molecule has 5 nitrogen and oxygen atoms in total. The molecular weight excluding hydrogens is 264 g/mol. The van der Waals surface area contributed by atoms with E-state index < -0.39 is 16.1 Å². The highest BCUT2D eigenvalue weighted by Crippen LogP contribution is 2.21. The van der Waals surface area contributed by atoms with Crippen molar-refractivity contribution < 1.29 is 13.5 Å². The molecule has 1 aromatic carbocycles. The molecule has 1 unspecified atom stereocenters. The van der Waals surface area contributed by atoms with Gasteiger partial charge in [0.1, 0.15) is 0 Å². The first-order valence-electron chi connectivity index (χ1n) is 6.13. The van der Waals surface area contributed by atoms with Gasteiger partial charge in [0.25, 0.3) is 0 Å². The zero-order valence-electron chi connectivity index (χ0n) is 11.6. The van der Waals surface area contributed by atoms with E-state index in [0.29, 0.717) is 13.0 Å². The average molecular weight is 286 g/mol. The Morgan fingerprint density at radius 3 is 2.21 bits per heavy atom. The van der Waals surface area contributed by atoms with Gasteiger partial charge in [0.2, 0.25) is 10.0 Å². The Hall–Kier alpha value is -1.11. The molecule has 0 aliphatic carbocycles. The first kappa shape index (κ1) is 15.9. The second kappa shape index (κ2) is 5.90. The average Bonchev–Trinajstić information content (AvgIpc) is 2.23. The van der Waals surface area contributed by atoms with Gasteiger partial charge in [-0.05, 0) is 36.1 Å². The summed E-state index contributed by atoms with van der Waals surface area (Å²) < 4.78 is 22.2. The largest absolute Gasteiger partial charge is 0.391 e. The fourth-order valence-electron chi connectivity index (χ4n) is 1.78. The Balaban J connectivity index is 2.55. The van der Waals surface area contributed by atoms with Gasteiger partial charge >= 0.3 is 0 Å². The van der Waals surface area contributed by atoms with Crippen molar-refractivity contribution in [3.8, 4) is 0 Å². The van der Waals surface area contributed by atoms with Crippen LogP contribution in [0.15, 0.2) is 29.2 Å². The van der Waals surface area contributed by atoms with Crippen LogP contribution in [0.3, 0.4) is 0 Å². The van der Waals surface area contributed by atoms with E-state index in [-0.39, 0.29) is 10.3 Å². The highest BCUT2D eigenvalue weighted by Gasteiger charge is 2.16. The summed E-state index contributed by atoms with van der Waals surface area (Å²) in [5.41, 5.74) is 0.818. The summed E-state index contributed by atoms with van der Waals surface area (Å²) in [6.45, 7) is 6.62. The van der Waals surface area contributed by atoms with E-state index in [4.69, 9.17) is 5.14 Å². The maximum absolute atomic E-state index is 11.1. The van der Waals surface area contributed by atoms with Crippen LogP contribution in [0.2, 0.25) is 0 Å². The van der Waals surface area contributed by atoms with E-state index in [0.717, 1.165) is 5.69 Å². The number of rotatable bonds is 5. The first-order valence-corrected chi connectivity index (χ1v) is 7.67. The number of benzene rings is 1. The second-order valence-electron chi connectivity index (χ2n) is 5.87. The number of hydrogen-bond acceptors (Lipinski definition) is 4. The van der Waals surface area contributed by atoms with Crippen molar-refractivity contribution in [2.45, 2.75) is 38.2 Å². The van der Waals surface area contributed by atoms with Crippen molar-refractivity contribution in [2.75, 3.05) is 11.9 Å². The molecule has 0 spiro atoms. The smallest absolute Gasteiger partial charge is 0.238 e. The van der Waals surface area contributed by atoms with Gasteiger partial charge in [-0.15, -0.1) is 0 Å². The molecule has 1 aromatic rings. The molecule has 0 bridgehead atoms. The molecule has 0 aromatic heterocycles. The van der Waals surface area contributed by atoms with Crippen LogP contribution in [0.25, 0.3) is 0 Å². The van der Waals surface area contributed by atoms with Crippen LogP contribution in [0, 0.1) is 5.41 Å². The highest BCUT2D eigenvalue weighted by molar-refractivity contribution is 7.89. The van der Waals surface area contributed by atoms with E-state index in [1.165, 1.54) is 12.1 Å². The van der Waals surface area contributed by atoms with Crippen molar-refractivity contribution in [3.05, 3.63) is 24.3 Å². The van der Waals surface area contributed by atoms with Crippen LogP contribution < -0.4 is 10.5 Å². The molecule has 0 amide bonds. The van der Waals surface area contributed by atoms with E-state index in [1.54, 1.807) is 12.1 Å². The molecule has 4 N–H and O–H groups in total. The standard InChI is InChI=1S/C13H22N2O3S/c1-13(2,3)8-11(16)9-15-10-4-6-12(7-5-10)19(14,17)18/h4-7,11,15-16H,8-9H2,1-3H3,(H2,14,17,18).